The van der Waals surface area contributed by atoms with Gasteiger partial charge in [-0.2, -0.15) is 0 Å². The number of aryl methyl sites for hydroxylation is 4. The Balaban J connectivity index is 0.00000283. The molecule has 0 saturated carbocycles. The van der Waals surface area contributed by atoms with E-state index in [2.05, 4.69) is 77.9 Å². The summed E-state index contributed by atoms with van der Waals surface area (Å²) in [6, 6.07) is 14.5. The number of aliphatic hydroxyl groups excluding tert-OH is 2. The van der Waals surface area contributed by atoms with Crippen LogP contribution in [0.4, 0.5) is 0 Å². The molecule has 0 fully saturated rings. The van der Waals surface area contributed by atoms with Crippen molar-refractivity contribution >= 4 is 11.4 Å². The van der Waals surface area contributed by atoms with Gasteiger partial charge in [-0.1, -0.05) is 125 Å². The molecule has 54 heavy (non-hydrogen) atoms. The van der Waals surface area contributed by atoms with Crippen LogP contribution < -0.4 is 0 Å². The molecule has 2 aromatic rings. The largest absolute Gasteiger partial charge is 0.493 e. The van der Waals surface area contributed by atoms with Crippen molar-refractivity contribution in [3.05, 3.63) is 86.5 Å². The van der Waals surface area contributed by atoms with Gasteiger partial charge in [0.05, 0.1) is 0 Å². The molecule has 1 aliphatic heterocycles. The smallest absolute Gasteiger partial charge is 0.211 e. The van der Waals surface area contributed by atoms with Gasteiger partial charge < -0.3 is 15.7 Å². The third-order valence-electron chi connectivity index (χ3n) is 10.0. The number of rotatable bonds is 25. The van der Waals surface area contributed by atoms with Crippen LogP contribution >= 0.6 is 0 Å². The van der Waals surface area contributed by atoms with Gasteiger partial charge in [0.2, 0.25) is 11.4 Å². The van der Waals surface area contributed by atoms with E-state index in [-0.39, 0.29) is 16.5 Å². The minimum absolute atomic E-state index is 0. The van der Waals surface area contributed by atoms with E-state index in [0.29, 0.717) is 13.2 Å². The average molecular weight is 790 g/mol. The van der Waals surface area contributed by atoms with Crippen LogP contribution in [0.1, 0.15) is 211 Å². The number of aliphatic hydroxyl groups is 2. The quantitative estimate of drug-likeness (QED) is 0.0598. The van der Waals surface area contributed by atoms with Crippen LogP contribution in [0.5, 0.6) is 0 Å². The van der Waals surface area contributed by atoms with Crippen molar-refractivity contribution < 1.29 is 31.4 Å². The van der Waals surface area contributed by atoms with Crippen molar-refractivity contribution in [1.29, 1.82) is 0 Å². The minimum Gasteiger partial charge on any atom is -0.493 e. The van der Waals surface area contributed by atoms with E-state index in [4.69, 9.17) is 10.2 Å². The summed E-state index contributed by atoms with van der Waals surface area (Å²) >= 11 is 0. The van der Waals surface area contributed by atoms with Crippen molar-refractivity contribution in [2.75, 3.05) is 13.2 Å². The Morgan fingerprint density at radius 1 is 0.389 bits per heavy atom. The summed E-state index contributed by atoms with van der Waals surface area (Å²) < 4.78 is 1.65. The van der Waals surface area contributed by atoms with Crippen LogP contribution in [0.15, 0.2) is 47.5 Å². The first kappa shape index (κ1) is 51.9. The second-order valence-electron chi connectivity index (χ2n) is 15.2. The molecular weight excluding hydrogens is 707 g/mol. The van der Waals surface area contributed by atoms with Crippen molar-refractivity contribution in [3.8, 4) is 0 Å². The van der Waals surface area contributed by atoms with Gasteiger partial charge in [-0.3, -0.25) is 0 Å². The third-order valence-corrected chi connectivity index (χ3v) is 10.0. The molecule has 0 aromatic heterocycles. The average Bonchev–Trinajstić information content (AvgIpc) is 3.45. The van der Waals surface area contributed by atoms with Gasteiger partial charge in [-0.25, -0.2) is 4.70 Å². The predicted octanol–water partition coefficient (Wildman–Crippen LogP) is 14.6. The number of hydrogen-bond acceptors (Lipinski definition) is 2. The number of unbranched alkanes of at least 4 members (excludes halogenated alkanes) is 9. The second-order valence-corrected chi connectivity index (χ2v) is 15.2. The van der Waals surface area contributed by atoms with Crippen molar-refractivity contribution in [2.45, 2.75) is 203 Å². The Kier molecular flexibility index (Phi) is 31.8. The first-order valence-electron chi connectivity index (χ1n) is 22.3. The van der Waals surface area contributed by atoms with Gasteiger partial charge in [0, 0.05) is 52.0 Å². The van der Waals surface area contributed by atoms with E-state index >= 15 is 0 Å². The molecule has 0 spiro atoms. The zero-order valence-electron chi connectivity index (χ0n) is 36.2. The van der Waals surface area contributed by atoms with Crippen molar-refractivity contribution in [3.63, 3.8) is 0 Å². The van der Waals surface area contributed by atoms with E-state index in [1.54, 1.807) is 4.70 Å². The van der Waals surface area contributed by atoms with Crippen molar-refractivity contribution in [1.82, 2.24) is 0 Å². The van der Waals surface area contributed by atoms with Gasteiger partial charge in [0.15, 0.2) is 0 Å². The number of allylic oxidation sites excluding steroid dienone is 2. The summed E-state index contributed by atoms with van der Waals surface area (Å²) in [6.07, 6.45) is 26.5. The van der Waals surface area contributed by atoms with E-state index in [1.807, 2.05) is 13.8 Å². The summed E-state index contributed by atoms with van der Waals surface area (Å²) in [7, 11) is 0. The van der Waals surface area contributed by atoms with Gasteiger partial charge in [0.25, 0.3) is 0 Å². The summed E-state index contributed by atoms with van der Waals surface area (Å²) in [4.78, 5) is 0. The summed E-state index contributed by atoms with van der Waals surface area (Å²) in [5.74, 6) is 0. The Morgan fingerprint density at radius 2 is 0.648 bits per heavy atom. The maximum Gasteiger partial charge on any atom is 0.211 e. The van der Waals surface area contributed by atoms with E-state index < -0.39 is 0 Å². The molecule has 2 N–H and O–H groups in total. The summed E-state index contributed by atoms with van der Waals surface area (Å²) in [5, 5.41) is 15.8. The predicted molar refractivity (Wildman–Crippen MR) is 232 cm³/mol. The fraction of sp³-hybridized carbons (Fsp3) is 0.673. The Morgan fingerprint density at radius 3 is 0.944 bits per heavy atom. The zero-order valence-corrected chi connectivity index (χ0v) is 37.2. The van der Waals surface area contributed by atoms with Crippen molar-refractivity contribution in [2.24, 2.45) is 0 Å². The number of hydrogen-bond donors (Lipinski definition) is 2. The van der Waals surface area contributed by atoms with Gasteiger partial charge in [-0.05, 0) is 136 Å². The Bertz CT molecular complexity index is 1280. The van der Waals surface area contributed by atoms with Gasteiger partial charge in [-0.15, -0.1) is 0 Å². The maximum atomic E-state index is 12.4. The van der Waals surface area contributed by atoms with E-state index in [0.717, 1.165) is 75.6 Å². The molecular formula is C49H82N2NiO2. The number of benzene rings is 2. The Labute approximate surface area is 344 Å². The molecule has 1 heterocycles. The Hall–Kier alpha value is -2.07. The molecule has 1 aliphatic rings. The summed E-state index contributed by atoms with van der Waals surface area (Å²) in [5.41, 5.74) is 25.5. The van der Waals surface area contributed by atoms with Crippen LogP contribution in [0.3, 0.4) is 0 Å². The first-order chi connectivity index (χ1) is 25.8. The van der Waals surface area contributed by atoms with E-state index in [9.17, 15) is 5.53 Å². The summed E-state index contributed by atoms with van der Waals surface area (Å²) in [6.45, 7) is 18.2. The molecule has 310 valence electrons. The molecule has 0 amide bonds. The molecule has 0 unspecified atom stereocenters. The zero-order chi connectivity index (χ0) is 39.3. The fourth-order valence-electron chi connectivity index (χ4n) is 6.99. The number of nitrogens with zero attached hydrogens (tertiary/aromatic N) is 2. The van der Waals surface area contributed by atoms with Crippen LogP contribution in [0, 0.1) is 0 Å². The van der Waals surface area contributed by atoms with Gasteiger partial charge in [0.1, 0.15) is 0 Å². The van der Waals surface area contributed by atoms with Gasteiger partial charge >= 0.3 is 0 Å². The molecule has 2 aromatic carbocycles. The molecule has 0 aliphatic carbocycles. The topological polar surface area (TPSA) is 65.8 Å². The maximum absolute atomic E-state index is 12.4. The first-order valence-corrected chi connectivity index (χ1v) is 22.3. The monoisotopic (exact) mass is 789 g/mol. The standard InChI is InChI=1S/C43H66N2.2C3H8O.Ni/c1-7-13-19-24-36-29-37(25-20-14-8-2)33-39(32-36)42-40(26-18-12-6)41(27-21-15-9-3)43(45(42)44)38-30-34(22-16-10-4)28-35(31-38)23-17-11-5;2*1-2-3-4;/h28-33H,7-27H2,1-6H3;2*4H,2-3H2,1H3;. The molecule has 0 radical (unpaired) electrons. The second kappa shape index (κ2) is 33.1. The molecule has 0 bridgehead atoms. The molecule has 5 heteroatoms. The molecule has 0 atom stereocenters. The van der Waals surface area contributed by atoms with Crippen LogP contribution in [-0.4, -0.2) is 28.1 Å². The van der Waals surface area contributed by atoms with Crippen LogP contribution in [-0.2, 0) is 42.2 Å². The molecule has 0 saturated heterocycles. The SMILES string of the molecule is CCCCCC1=C(c2cc(CCCC)cc(CCCC)c2)[N+](=[N-])C(c2cc(CCCCC)cc(CCCCC)c2)=C1CCCC.CCCO.CCCO.[Ni]. The van der Waals surface area contributed by atoms with E-state index in [1.165, 1.54) is 128 Å². The minimum atomic E-state index is 0. The molecule has 3 rings (SSSR count). The fourth-order valence-corrected chi connectivity index (χ4v) is 6.99. The van der Waals surface area contributed by atoms with Crippen LogP contribution in [0.25, 0.3) is 16.9 Å². The third kappa shape index (κ3) is 19.2. The molecule has 4 nitrogen and oxygen atoms in total. The normalized spacial score (nSPS) is 12.4. The van der Waals surface area contributed by atoms with Crippen LogP contribution in [0.2, 0.25) is 0 Å².